The van der Waals surface area contributed by atoms with Crippen LogP contribution < -0.4 is 5.32 Å². The number of nitrogens with one attached hydrogen (secondary N) is 1. The lowest BCUT2D eigenvalue weighted by Gasteiger charge is -2.01. The van der Waals surface area contributed by atoms with Gasteiger partial charge in [0, 0.05) is 29.4 Å². The SMILES string of the molecule is CNC(=O)/C(C#N)=C/c1cn(-c2ccccc2)nc1-c1cccc(Cl)c1. The molecule has 0 saturated carbocycles. The number of benzene rings is 2. The van der Waals surface area contributed by atoms with Gasteiger partial charge in [-0.1, -0.05) is 41.9 Å². The topological polar surface area (TPSA) is 70.7 Å². The fraction of sp³-hybridized carbons (Fsp3) is 0.0500. The first-order chi connectivity index (χ1) is 12.6. The molecule has 0 aliphatic carbocycles. The van der Waals surface area contributed by atoms with Crippen molar-refractivity contribution in [3.8, 4) is 23.0 Å². The standard InChI is InChI=1S/C20H15ClN4O/c1-23-20(26)15(12-22)10-16-13-25(18-8-3-2-4-9-18)24-19(16)14-6-5-7-17(21)11-14/h2-11,13H,1H3,(H,23,26)/b15-10+. The highest BCUT2D eigenvalue weighted by Gasteiger charge is 2.14. The first-order valence-electron chi connectivity index (χ1n) is 7.87. The van der Waals surface area contributed by atoms with Crippen LogP contribution >= 0.6 is 11.6 Å². The molecule has 5 nitrogen and oxygen atoms in total. The first kappa shape index (κ1) is 17.5. The summed E-state index contributed by atoms with van der Waals surface area (Å²) in [6.45, 7) is 0. The number of amides is 1. The van der Waals surface area contributed by atoms with Crippen molar-refractivity contribution >= 4 is 23.6 Å². The molecule has 0 spiro atoms. The second-order valence-electron chi connectivity index (χ2n) is 5.47. The Balaban J connectivity index is 2.18. The number of rotatable bonds is 4. The quantitative estimate of drug-likeness (QED) is 0.566. The lowest BCUT2D eigenvalue weighted by Crippen LogP contribution is -2.19. The molecular weight excluding hydrogens is 348 g/mol. The van der Waals surface area contributed by atoms with Gasteiger partial charge < -0.3 is 5.32 Å². The number of likely N-dealkylation sites (N-methyl/N-ethyl adjacent to an activating group) is 1. The molecule has 1 amide bonds. The summed E-state index contributed by atoms with van der Waals surface area (Å²) in [5.74, 6) is -0.447. The number of nitrogens with zero attached hydrogens (tertiary/aromatic N) is 3. The molecule has 128 valence electrons. The molecule has 3 aromatic rings. The van der Waals surface area contributed by atoms with E-state index in [0.717, 1.165) is 11.3 Å². The van der Waals surface area contributed by atoms with Gasteiger partial charge in [0.25, 0.3) is 5.91 Å². The van der Waals surface area contributed by atoms with Gasteiger partial charge >= 0.3 is 0 Å². The summed E-state index contributed by atoms with van der Waals surface area (Å²) in [6.07, 6.45) is 3.31. The molecule has 0 radical (unpaired) electrons. The number of aromatic nitrogens is 2. The molecule has 1 N–H and O–H groups in total. The van der Waals surface area contributed by atoms with Crippen LogP contribution in [0.3, 0.4) is 0 Å². The minimum absolute atomic E-state index is 0.00314. The van der Waals surface area contributed by atoms with Gasteiger partial charge in [-0.15, -0.1) is 0 Å². The van der Waals surface area contributed by atoms with E-state index < -0.39 is 5.91 Å². The first-order valence-corrected chi connectivity index (χ1v) is 8.25. The maximum atomic E-state index is 11.9. The molecule has 0 fully saturated rings. The van der Waals surface area contributed by atoms with Crippen LogP contribution in [0.2, 0.25) is 5.02 Å². The molecule has 0 aliphatic rings. The average Bonchev–Trinajstić information content (AvgIpc) is 3.10. The second-order valence-corrected chi connectivity index (χ2v) is 5.91. The smallest absolute Gasteiger partial charge is 0.261 e. The van der Waals surface area contributed by atoms with Gasteiger partial charge in [0.05, 0.1) is 5.69 Å². The maximum Gasteiger partial charge on any atom is 0.261 e. The monoisotopic (exact) mass is 362 g/mol. The highest BCUT2D eigenvalue weighted by molar-refractivity contribution is 6.30. The minimum Gasteiger partial charge on any atom is -0.354 e. The van der Waals surface area contributed by atoms with Crippen molar-refractivity contribution in [2.24, 2.45) is 0 Å². The summed E-state index contributed by atoms with van der Waals surface area (Å²) in [5.41, 5.74) is 2.95. The van der Waals surface area contributed by atoms with E-state index in [1.807, 2.05) is 48.5 Å². The summed E-state index contributed by atoms with van der Waals surface area (Å²) in [7, 11) is 1.48. The van der Waals surface area contributed by atoms with Crippen molar-refractivity contribution in [1.82, 2.24) is 15.1 Å². The van der Waals surface area contributed by atoms with E-state index in [2.05, 4.69) is 10.4 Å². The van der Waals surface area contributed by atoms with E-state index >= 15 is 0 Å². The van der Waals surface area contributed by atoms with Gasteiger partial charge in [-0.05, 0) is 30.3 Å². The second kappa shape index (κ2) is 7.68. The third kappa shape index (κ3) is 3.66. The van der Waals surface area contributed by atoms with Gasteiger partial charge in [0.15, 0.2) is 0 Å². The molecule has 6 heteroatoms. The van der Waals surface area contributed by atoms with Crippen molar-refractivity contribution in [1.29, 1.82) is 5.26 Å². The van der Waals surface area contributed by atoms with Gasteiger partial charge in [-0.2, -0.15) is 10.4 Å². The van der Waals surface area contributed by atoms with E-state index in [0.29, 0.717) is 16.3 Å². The minimum atomic E-state index is -0.447. The number of halogens is 1. The van der Waals surface area contributed by atoms with E-state index in [1.54, 1.807) is 23.0 Å². The number of carbonyl (C=O) groups is 1. The van der Waals surface area contributed by atoms with E-state index in [-0.39, 0.29) is 5.57 Å². The number of carbonyl (C=O) groups excluding carboxylic acids is 1. The Morgan fingerprint density at radius 3 is 2.65 bits per heavy atom. The maximum absolute atomic E-state index is 11.9. The van der Waals surface area contributed by atoms with Crippen molar-refractivity contribution < 1.29 is 4.79 Å². The largest absolute Gasteiger partial charge is 0.354 e. The van der Waals surface area contributed by atoms with Gasteiger partial charge in [-0.3, -0.25) is 4.79 Å². The van der Waals surface area contributed by atoms with Crippen molar-refractivity contribution in [3.05, 3.63) is 77.0 Å². The van der Waals surface area contributed by atoms with Gasteiger partial charge in [0.2, 0.25) is 0 Å². The highest BCUT2D eigenvalue weighted by atomic mass is 35.5. The number of nitriles is 1. The third-order valence-electron chi connectivity index (χ3n) is 3.75. The number of hydrogen-bond acceptors (Lipinski definition) is 3. The van der Waals surface area contributed by atoms with Crippen LogP contribution in [0.25, 0.3) is 23.0 Å². The highest BCUT2D eigenvalue weighted by Crippen LogP contribution is 2.27. The summed E-state index contributed by atoms with van der Waals surface area (Å²) in [4.78, 5) is 11.9. The normalized spacial score (nSPS) is 11.0. The molecule has 1 heterocycles. The third-order valence-corrected chi connectivity index (χ3v) is 3.99. The van der Waals surface area contributed by atoms with Crippen LogP contribution in [0, 0.1) is 11.3 Å². The molecule has 0 bridgehead atoms. The molecular formula is C20H15ClN4O. The summed E-state index contributed by atoms with van der Waals surface area (Å²) >= 11 is 6.11. The zero-order valence-corrected chi connectivity index (χ0v) is 14.7. The van der Waals surface area contributed by atoms with Crippen molar-refractivity contribution in [2.45, 2.75) is 0 Å². The van der Waals surface area contributed by atoms with Crippen LogP contribution in [0.1, 0.15) is 5.56 Å². The Bertz CT molecular complexity index is 1020. The Morgan fingerprint density at radius 2 is 2.00 bits per heavy atom. The molecule has 0 unspecified atom stereocenters. The Labute approximate surface area is 156 Å². The Kier molecular flexibility index (Phi) is 5.16. The molecule has 26 heavy (non-hydrogen) atoms. The molecule has 0 saturated heterocycles. The zero-order valence-electron chi connectivity index (χ0n) is 14.0. The lowest BCUT2D eigenvalue weighted by atomic mass is 10.1. The van der Waals surface area contributed by atoms with Crippen LogP contribution in [-0.4, -0.2) is 22.7 Å². The van der Waals surface area contributed by atoms with Crippen LogP contribution in [0.5, 0.6) is 0 Å². The fourth-order valence-electron chi connectivity index (χ4n) is 2.50. The Morgan fingerprint density at radius 1 is 1.23 bits per heavy atom. The van der Waals surface area contributed by atoms with E-state index in [4.69, 9.17) is 11.6 Å². The molecule has 0 aliphatic heterocycles. The van der Waals surface area contributed by atoms with Crippen LogP contribution in [-0.2, 0) is 4.79 Å². The van der Waals surface area contributed by atoms with Crippen molar-refractivity contribution in [2.75, 3.05) is 7.05 Å². The molecule has 1 aromatic heterocycles. The van der Waals surface area contributed by atoms with E-state index in [1.165, 1.54) is 13.1 Å². The fourth-order valence-corrected chi connectivity index (χ4v) is 2.70. The van der Waals surface area contributed by atoms with Gasteiger partial charge in [-0.25, -0.2) is 4.68 Å². The molecule has 3 rings (SSSR count). The summed E-state index contributed by atoms with van der Waals surface area (Å²) in [5, 5.41) is 17.0. The summed E-state index contributed by atoms with van der Waals surface area (Å²) < 4.78 is 1.71. The van der Waals surface area contributed by atoms with Crippen LogP contribution in [0.4, 0.5) is 0 Å². The number of para-hydroxylation sites is 1. The lowest BCUT2D eigenvalue weighted by molar-refractivity contribution is -0.116. The molecule has 0 atom stereocenters. The Hall–Kier alpha value is -3.36. The van der Waals surface area contributed by atoms with Crippen LogP contribution in [0.15, 0.2) is 66.4 Å². The van der Waals surface area contributed by atoms with E-state index in [9.17, 15) is 10.1 Å². The summed E-state index contributed by atoms with van der Waals surface area (Å²) in [6, 6.07) is 18.8. The predicted octanol–water partition coefficient (Wildman–Crippen LogP) is 3.85. The zero-order chi connectivity index (χ0) is 18.5. The average molecular weight is 363 g/mol. The van der Waals surface area contributed by atoms with Gasteiger partial charge in [0.1, 0.15) is 17.3 Å². The number of hydrogen-bond donors (Lipinski definition) is 1. The predicted molar refractivity (Wildman–Crippen MR) is 102 cm³/mol. The molecule has 2 aromatic carbocycles. The van der Waals surface area contributed by atoms with Crippen molar-refractivity contribution in [3.63, 3.8) is 0 Å².